The number of nitrogens with zero attached hydrogens (tertiary/aromatic N) is 6. The lowest BCUT2D eigenvalue weighted by Crippen LogP contribution is -2.43. The van der Waals surface area contributed by atoms with Crippen LogP contribution in [0, 0.1) is 18.3 Å². The molecule has 1 aliphatic rings. The number of pyridine rings is 1. The van der Waals surface area contributed by atoms with Crippen LogP contribution in [0.15, 0.2) is 29.1 Å². The van der Waals surface area contributed by atoms with Crippen LogP contribution in [0.2, 0.25) is 0 Å². The minimum atomic E-state index is -0.511. The van der Waals surface area contributed by atoms with Crippen LogP contribution in [0.25, 0.3) is 16.6 Å². The molecule has 8 nitrogen and oxygen atoms in total. The minimum absolute atomic E-state index is 0.0945. The lowest BCUT2D eigenvalue weighted by Gasteiger charge is -2.34. The number of halogens is 1. The topological polar surface area (TPSA) is 88.5 Å². The van der Waals surface area contributed by atoms with Crippen molar-refractivity contribution in [1.29, 1.82) is 5.26 Å². The SMILES string of the molecule is Cc1c(-c2cc(Br)c3c(C#N)cnn3c2)cnn1C1CCCN(C(=O)OC(C)(C)C)C1. The van der Waals surface area contributed by atoms with Gasteiger partial charge >= 0.3 is 6.09 Å². The zero-order valence-corrected chi connectivity index (χ0v) is 19.7. The summed E-state index contributed by atoms with van der Waals surface area (Å²) >= 11 is 3.57. The first-order valence-electron chi connectivity index (χ1n) is 10.3. The number of carbonyl (C=O) groups is 1. The molecule has 31 heavy (non-hydrogen) atoms. The first kappa shape index (κ1) is 21.4. The molecule has 0 bridgehead atoms. The molecule has 4 heterocycles. The van der Waals surface area contributed by atoms with Crippen LogP contribution in [0.4, 0.5) is 4.79 Å². The van der Waals surface area contributed by atoms with Gasteiger partial charge < -0.3 is 9.64 Å². The highest BCUT2D eigenvalue weighted by molar-refractivity contribution is 9.10. The predicted molar refractivity (Wildman–Crippen MR) is 120 cm³/mol. The second-order valence-electron chi connectivity index (χ2n) is 8.85. The van der Waals surface area contributed by atoms with E-state index in [4.69, 9.17) is 4.74 Å². The molecular formula is C22H25BrN6O2. The summed E-state index contributed by atoms with van der Waals surface area (Å²) in [5.74, 6) is 0. The number of piperidine rings is 1. The Bertz CT molecular complexity index is 1180. The van der Waals surface area contributed by atoms with E-state index >= 15 is 0 Å². The predicted octanol–water partition coefficient (Wildman–Crippen LogP) is 4.71. The summed E-state index contributed by atoms with van der Waals surface area (Å²) < 4.78 is 10.1. The van der Waals surface area contributed by atoms with Crippen molar-refractivity contribution in [3.05, 3.63) is 40.4 Å². The van der Waals surface area contributed by atoms with Crippen molar-refractivity contribution in [2.45, 2.75) is 52.2 Å². The minimum Gasteiger partial charge on any atom is -0.444 e. The molecule has 1 fully saturated rings. The third-order valence-electron chi connectivity index (χ3n) is 5.44. The first-order chi connectivity index (χ1) is 14.7. The van der Waals surface area contributed by atoms with Crippen LogP contribution in [-0.2, 0) is 4.74 Å². The highest BCUT2D eigenvalue weighted by Gasteiger charge is 2.29. The van der Waals surface area contributed by atoms with Crippen molar-refractivity contribution >= 4 is 27.5 Å². The van der Waals surface area contributed by atoms with Gasteiger partial charge in [0, 0.05) is 40.6 Å². The average molecular weight is 485 g/mol. The second-order valence-corrected chi connectivity index (χ2v) is 9.70. The smallest absolute Gasteiger partial charge is 0.410 e. The van der Waals surface area contributed by atoms with Gasteiger partial charge in [0.05, 0.1) is 29.5 Å². The van der Waals surface area contributed by atoms with E-state index in [2.05, 4.69) is 32.2 Å². The molecule has 1 saturated heterocycles. The number of likely N-dealkylation sites (tertiary alicyclic amines) is 1. The van der Waals surface area contributed by atoms with Gasteiger partial charge in [0.15, 0.2) is 0 Å². The molecule has 4 rings (SSSR count). The molecule has 0 aliphatic carbocycles. The highest BCUT2D eigenvalue weighted by Crippen LogP contribution is 2.32. The highest BCUT2D eigenvalue weighted by atomic mass is 79.9. The fourth-order valence-electron chi connectivity index (χ4n) is 4.02. The number of ether oxygens (including phenoxy) is 1. The molecule has 3 aromatic heterocycles. The maximum absolute atomic E-state index is 12.5. The molecule has 1 amide bonds. The van der Waals surface area contributed by atoms with Crippen molar-refractivity contribution in [3.63, 3.8) is 0 Å². The lowest BCUT2D eigenvalue weighted by molar-refractivity contribution is 0.0166. The molecule has 162 valence electrons. The third-order valence-corrected chi connectivity index (χ3v) is 6.04. The normalized spacial score (nSPS) is 17.0. The molecule has 3 aromatic rings. The Kier molecular flexibility index (Phi) is 5.52. The molecule has 0 saturated carbocycles. The van der Waals surface area contributed by atoms with Crippen LogP contribution in [0.1, 0.15) is 50.9 Å². The first-order valence-corrected chi connectivity index (χ1v) is 11.1. The number of nitriles is 1. The zero-order valence-electron chi connectivity index (χ0n) is 18.1. The summed E-state index contributed by atoms with van der Waals surface area (Å²) in [7, 11) is 0. The van der Waals surface area contributed by atoms with Crippen LogP contribution < -0.4 is 0 Å². The molecule has 0 spiro atoms. The zero-order chi connectivity index (χ0) is 22.3. The Balaban J connectivity index is 1.61. The van der Waals surface area contributed by atoms with E-state index in [9.17, 15) is 10.1 Å². The average Bonchev–Trinajstić information content (AvgIpc) is 3.30. The van der Waals surface area contributed by atoms with E-state index in [1.165, 1.54) is 0 Å². The van der Waals surface area contributed by atoms with Gasteiger partial charge in [0.25, 0.3) is 0 Å². The van der Waals surface area contributed by atoms with Crippen LogP contribution in [-0.4, -0.2) is 49.1 Å². The van der Waals surface area contributed by atoms with Crippen molar-refractivity contribution in [3.8, 4) is 17.2 Å². The largest absolute Gasteiger partial charge is 0.444 e. The summed E-state index contributed by atoms with van der Waals surface area (Å²) in [6.07, 6.45) is 6.90. The Morgan fingerprint density at radius 1 is 1.32 bits per heavy atom. The molecule has 1 atom stereocenters. The van der Waals surface area contributed by atoms with Gasteiger partial charge in [-0.2, -0.15) is 15.5 Å². The molecule has 9 heteroatoms. The van der Waals surface area contributed by atoms with E-state index in [1.54, 1.807) is 15.6 Å². The van der Waals surface area contributed by atoms with E-state index < -0.39 is 5.60 Å². The third kappa shape index (κ3) is 4.17. The maximum Gasteiger partial charge on any atom is 0.410 e. The standard InChI is InChI=1S/C22H25BrN6O2/c1-14-18(15-8-19(23)20-16(9-24)10-25-28(20)12-15)11-26-29(14)17-6-5-7-27(13-17)21(30)31-22(2,3)4/h8,10-12,17H,5-7,13H2,1-4H3. The van der Waals surface area contributed by atoms with Gasteiger partial charge in [0.2, 0.25) is 0 Å². The number of rotatable bonds is 2. The van der Waals surface area contributed by atoms with E-state index in [0.29, 0.717) is 18.7 Å². The summed E-state index contributed by atoms with van der Waals surface area (Å²) in [5, 5.41) is 18.2. The van der Waals surface area contributed by atoms with Crippen LogP contribution in [0.5, 0.6) is 0 Å². The van der Waals surface area contributed by atoms with E-state index in [1.807, 2.05) is 50.8 Å². The van der Waals surface area contributed by atoms with Gasteiger partial charge in [-0.15, -0.1) is 0 Å². The number of amides is 1. The number of carbonyl (C=O) groups excluding carboxylic acids is 1. The molecular weight excluding hydrogens is 460 g/mol. The number of hydrogen-bond acceptors (Lipinski definition) is 5. The Morgan fingerprint density at radius 3 is 2.81 bits per heavy atom. The quantitative estimate of drug-likeness (QED) is 0.525. The summed E-state index contributed by atoms with van der Waals surface area (Å²) in [4.78, 5) is 14.3. The summed E-state index contributed by atoms with van der Waals surface area (Å²) in [6, 6.07) is 4.24. The van der Waals surface area contributed by atoms with E-state index in [-0.39, 0.29) is 12.1 Å². The molecule has 0 aromatic carbocycles. The summed E-state index contributed by atoms with van der Waals surface area (Å²) in [6.45, 7) is 8.95. The fraction of sp³-hybridized carbons (Fsp3) is 0.455. The van der Waals surface area contributed by atoms with Crippen molar-refractivity contribution in [2.75, 3.05) is 13.1 Å². The van der Waals surface area contributed by atoms with Gasteiger partial charge in [-0.1, -0.05) is 0 Å². The Morgan fingerprint density at radius 2 is 2.10 bits per heavy atom. The number of aromatic nitrogens is 4. The summed E-state index contributed by atoms with van der Waals surface area (Å²) in [5.41, 5.74) is 3.73. The maximum atomic E-state index is 12.5. The molecule has 1 unspecified atom stereocenters. The Labute approximate surface area is 189 Å². The number of hydrogen-bond donors (Lipinski definition) is 0. The van der Waals surface area contributed by atoms with Crippen LogP contribution in [0.3, 0.4) is 0 Å². The lowest BCUT2D eigenvalue weighted by atomic mass is 10.0. The van der Waals surface area contributed by atoms with Crippen LogP contribution >= 0.6 is 15.9 Å². The molecule has 0 radical (unpaired) electrons. The van der Waals surface area contributed by atoms with Gasteiger partial charge in [-0.3, -0.25) is 4.68 Å². The fourth-order valence-corrected chi connectivity index (χ4v) is 4.66. The molecule has 0 N–H and O–H groups in total. The van der Waals surface area contributed by atoms with E-state index in [0.717, 1.165) is 39.7 Å². The second kappa shape index (κ2) is 8.00. The Hall–Kier alpha value is -2.86. The van der Waals surface area contributed by atoms with Crippen molar-refractivity contribution in [1.82, 2.24) is 24.3 Å². The van der Waals surface area contributed by atoms with Gasteiger partial charge in [-0.05, 0) is 62.5 Å². The van der Waals surface area contributed by atoms with Crippen molar-refractivity contribution < 1.29 is 9.53 Å². The monoisotopic (exact) mass is 484 g/mol. The van der Waals surface area contributed by atoms with Crippen molar-refractivity contribution in [2.24, 2.45) is 0 Å². The molecule has 1 aliphatic heterocycles. The van der Waals surface area contributed by atoms with Gasteiger partial charge in [0.1, 0.15) is 11.7 Å². The number of fused-ring (bicyclic) bond motifs is 1. The van der Waals surface area contributed by atoms with Gasteiger partial charge in [-0.25, -0.2) is 9.31 Å².